The number of ether oxygens (including phenoxy) is 2. The number of aromatic amines is 1. The molecule has 1 unspecified atom stereocenters. The van der Waals surface area contributed by atoms with Crippen molar-refractivity contribution >= 4 is 40.2 Å². The summed E-state index contributed by atoms with van der Waals surface area (Å²) in [4.78, 5) is 32.2. The van der Waals surface area contributed by atoms with Crippen molar-refractivity contribution in [3.8, 4) is 5.75 Å². The van der Waals surface area contributed by atoms with Crippen LogP contribution in [0.1, 0.15) is 29.3 Å². The van der Waals surface area contributed by atoms with Gasteiger partial charge in [-0.15, -0.1) is 0 Å². The standard InChI is InChI=1S/C20H20ClN3O4/c1-4-17(19(25)24-16-7-11(2)13(21)9-18(16)27-3)28-20(26)12-5-6-14-15(8-12)23-10-22-14/h5-10,17H,4H2,1-3H3,(H,22,23)(H,24,25). The summed E-state index contributed by atoms with van der Waals surface area (Å²) in [6.45, 7) is 3.58. The molecule has 0 bridgehead atoms. The number of amides is 1. The molecule has 1 atom stereocenters. The highest BCUT2D eigenvalue weighted by atomic mass is 35.5. The number of halogens is 1. The van der Waals surface area contributed by atoms with Crippen LogP contribution in [-0.2, 0) is 9.53 Å². The monoisotopic (exact) mass is 401 g/mol. The SMILES string of the molecule is CCC(OC(=O)c1ccc2nc[nH]c2c1)C(=O)Nc1cc(C)c(Cl)cc1OC. The number of aryl methyl sites for hydroxylation is 1. The molecule has 2 N–H and O–H groups in total. The van der Waals surface area contributed by atoms with Crippen LogP contribution in [0.4, 0.5) is 5.69 Å². The maximum atomic E-state index is 12.7. The number of methoxy groups -OCH3 is 1. The Morgan fingerprint density at radius 1 is 1.29 bits per heavy atom. The normalized spacial score (nSPS) is 11.9. The summed E-state index contributed by atoms with van der Waals surface area (Å²) in [5, 5.41) is 3.28. The van der Waals surface area contributed by atoms with Gasteiger partial charge in [0.25, 0.3) is 5.91 Å². The largest absolute Gasteiger partial charge is 0.495 e. The van der Waals surface area contributed by atoms with Crippen molar-refractivity contribution in [3.05, 3.63) is 52.8 Å². The fourth-order valence-corrected chi connectivity index (χ4v) is 2.88. The Labute approximate surface area is 167 Å². The van der Waals surface area contributed by atoms with Gasteiger partial charge < -0.3 is 19.8 Å². The number of anilines is 1. The second kappa shape index (κ2) is 8.31. The smallest absolute Gasteiger partial charge is 0.338 e. The summed E-state index contributed by atoms with van der Waals surface area (Å²) in [7, 11) is 1.49. The third-order valence-corrected chi connectivity index (χ3v) is 4.71. The number of nitrogens with one attached hydrogen (secondary N) is 2. The highest BCUT2D eigenvalue weighted by Gasteiger charge is 2.23. The Morgan fingerprint density at radius 2 is 2.07 bits per heavy atom. The number of nitrogens with zero attached hydrogens (tertiary/aromatic N) is 1. The van der Waals surface area contributed by atoms with E-state index in [1.165, 1.54) is 7.11 Å². The first kappa shape index (κ1) is 19.7. The van der Waals surface area contributed by atoms with Crippen LogP contribution in [0.15, 0.2) is 36.7 Å². The number of hydrogen-bond acceptors (Lipinski definition) is 5. The van der Waals surface area contributed by atoms with Gasteiger partial charge >= 0.3 is 5.97 Å². The molecule has 0 fully saturated rings. The Kier molecular flexibility index (Phi) is 5.84. The van der Waals surface area contributed by atoms with E-state index in [1.54, 1.807) is 43.6 Å². The van der Waals surface area contributed by atoms with E-state index in [4.69, 9.17) is 21.1 Å². The van der Waals surface area contributed by atoms with E-state index in [-0.39, 0.29) is 0 Å². The third kappa shape index (κ3) is 4.09. The van der Waals surface area contributed by atoms with E-state index in [1.807, 2.05) is 6.92 Å². The number of esters is 1. The summed E-state index contributed by atoms with van der Waals surface area (Å²) in [5.74, 6) is -0.605. The molecule has 3 rings (SSSR count). The highest BCUT2D eigenvalue weighted by Crippen LogP contribution is 2.31. The number of benzene rings is 2. The Morgan fingerprint density at radius 3 is 2.79 bits per heavy atom. The molecule has 0 aliphatic heterocycles. The average molecular weight is 402 g/mol. The molecule has 2 aromatic carbocycles. The summed E-state index contributed by atoms with van der Waals surface area (Å²) in [6.07, 6.45) is 0.910. The van der Waals surface area contributed by atoms with Gasteiger partial charge in [0.1, 0.15) is 5.75 Å². The van der Waals surface area contributed by atoms with Crippen molar-refractivity contribution in [2.24, 2.45) is 0 Å². The summed E-state index contributed by atoms with van der Waals surface area (Å²) >= 11 is 6.09. The van der Waals surface area contributed by atoms with Crippen LogP contribution >= 0.6 is 11.6 Å². The van der Waals surface area contributed by atoms with Crippen LogP contribution in [0.5, 0.6) is 5.75 Å². The first-order valence-corrected chi connectivity index (χ1v) is 9.09. The zero-order valence-electron chi connectivity index (χ0n) is 15.7. The topological polar surface area (TPSA) is 93.3 Å². The predicted octanol–water partition coefficient (Wildman–Crippen LogP) is 4.11. The predicted molar refractivity (Wildman–Crippen MR) is 107 cm³/mol. The second-order valence-electron chi connectivity index (χ2n) is 6.23. The number of carbonyl (C=O) groups excluding carboxylic acids is 2. The van der Waals surface area contributed by atoms with Gasteiger partial charge in [0.05, 0.1) is 35.7 Å². The molecule has 146 valence electrons. The van der Waals surface area contributed by atoms with Gasteiger partial charge in [-0.1, -0.05) is 18.5 Å². The van der Waals surface area contributed by atoms with Crippen LogP contribution in [0.2, 0.25) is 5.02 Å². The Balaban J connectivity index is 1.74. The highest BCUT2D eigenvalue weighted by molar-refractivity contribution is 6.31. The van der Waals surface area contributed by atoms with E-state index in [2.05, 4.69) is 15.3 Å². The summed E-state index contributed by atoms with van der Waals surface area (Å²) in [5.41, 5.74) is 3.04. The van der Waals surface area contributed by atoms with Crippen molar-refractivity contribution in [1.82, 2.24) is 9.97 Å². The minimum absolute atomic E-state index is 0.318. The molecule has 0 spiro atoms. The van der Waals surface area contributed by atoms with Gasteiger partial charge in [-0.25, -0.2) is 9.78 Å². The minimum atomic E-state index is -0.953. The average Bonchev–Trinajstić information content (AvgIpc) is 3.16. The minimum Gasteiger partial charge on any atom is -0.495 e. The van der Waals surface area contributed by atoms with Crippen LogP contribution in [0, 0.1) is 6.92 Å². The number of carbonyl (C=O) groups is 2. The van der Waals surface area contributed by atoms with Crippen molar-refractivity contribution in [2.45, 2.75) is 26.4 Å². The molecule has 1 amide bonds. The van der Waals surface area contributed by atoms with Crippen molar-refractivity contribution < 1.29 is 19.1 Å². The van der Waals surface area contributed by atoms with Gasteiger partial charge in [0.15, 0.2) is 6.10 Å². The van der Waals surface area contributed by atoms with E-state index in [9.17, 15) is 9.59 Å². The maximum Gasteiger partial charge on any atom is 0.338 e. The molecule has 3 aromatic rings. The molecule has 0 aliphatic carbocycles. The number of aromatic nitrogens is 2. The second-order valence-corrected chi connectivity index (χ2v) is 6.63. The lowest BCUT2D eigenvalue weighted by molar-refractivity contribution is -0.124. The van der Waals surface area contributed by atoms with Gasteiger partial charge in [-0.3, -0.25) is 4.79 Å². The molecule has 28 heavy (non-hydrogen) atoms. The molecule has 0 radical (unpaired) electrons. The zero-order valence-corrected chi connectivity index (χ0v) is 16.5. The molecule has 0 saturated carbocycles. The van der Waals surface area contributed by atoms with Gasteiger partial charge in [-0.05, 0) is 43.2 Å². The molecule has 1 heterocycles. The van der Waals surface area contributed by atoms with Gasteiger partial charge in [0, 0.05) is 11.1 Å². The van der Waals surface area contributed by atoms with Crippen LogP contribution in [-0.4, -0.2) is 35.1 Å². The number of rotatable bonds is 6. The fourth-order valence-electron chi connectivity index (χ4n) is 2.73. The van der Waals surface area contributed by atoms with E-state index in [0.717, 1.165) is 11.1 Å². The van der Waals surface area contributed by atoms with Crippen LogP contribution in [0.25, 0.3) is 11.0 Å². The first-order chi connectivity index (χ1) is 13.4. The van der Waals surface area contributed by atoms with E-state index < -0.39 is 18.0 Å². The third-order valence-electron chi connectivity index (χ3n) is 4.31. The molecular formula is C20H20ClN3O4. The number of fused-ring (bicyclic) bond motifs is 1. The maximum absolute atomic E-state index is 12.7. The van der Waals surface area contributed by atoms with Crippen LogP contribution in [0.3, 0.4) is 0 Å². The fraction of sp³-hybridized carbons (Fsp3) is 0.250. The summed E-state index contributed by atoms with van der Waals surface area (Å²) in [6, 6.07) is 8.30. The van der Waals surface area contributed by atoms with E-state index in [0.29, 0.717) is 34.0 Å². The summed E-state index contributed by atoms with van der Waals surface area (Å²) < 4.78 is 10.7. The van der Waals surface area contributed by atoms with Gasteiger partial charge in [0.2, 0.25) is 0 Å². The Bertz CT molecular complexity index is 1030. The quantitative estimate of drug-likeness (QED) is 0.606. The molecule has 0 saturated heterocycles. The molecular weight excluding hydrogens is 382 g/mol. The van der Waals surface area contributed by atoms with Gasteiger partial charge in [-0.2, -0.15) is 0 Å². The number of hydrogen-bond donors (Lipinski definition) is 2. The van der Waals surface area contributed by atoms with Crippen molar-refractivity contribution in [3.63, 3.8) is 0 Å². The molecule has 7 nitrogen and oxygen atoms in total. The number of H-pyrrole nitrogens is 1. The first-order valence-electron chi connectivity index (χ1n) is 8.72. The van der Waals surface area contributed by atoms with Crippen molar-refractivity contribution in [1.29, 1.82) is 0 Å². The number of imidazole rings is 1. The van der Waals surface area contributed by atoms with Crippen molar-refractivity contribution in [2.75, 3.05) is 12.4 Å². The lowest BCUT2D eigenvalue weighted by atomic mass is 10.1. The van der Waals surface area contributed by atoms with E-state index >= 15 is 0 Å². The zero-order chi connectivity index (χ0) is 20.3. The Hall–Kier alpha value is -3.06. The molecule has 8 heteroatoms. The molecule has 1 aromatic heterocycles. The lowest BCUT2D eigenvalue weighted by Gasteiger charge is -2.18. The van der Waals surface area contributed by atoms with Crippen LogP contribution < -0.4 is 10.1 Å². The molecule has 0 aliphatic rings. The lowest BCUT2D eigenvalue weighted by Crippen LogP contribution is -2.32.